The lowest BCUT2D eigenvalue weighted by atomic mass is 9.96. The second kappa shape index (κ2) is 52.6. The summed E-state index contributed by atoms with van der Waals surface area (Å²) in [5.74, 6) is -17.3. The highest BCUT2D eigenvalue weighted by molar-refractivity contribution is 8.76. The summed E-state index contributed by atoms with van der Waals surface area (Å²) in [5.41, 5.74) is 11.0. The summed E-state index contributed by atoms with van der Waals surface area (Å²) in [5, 5.41) is 97.8. The van der Waals surface area contributed by atoms with Crippen molar-refractivity contribution in [1.29, 1.82) is 0 Å². The number of aliphatic hydroxyl groups is 3. The number of unbranched alkanes of at least 4 members (excludes halogenated alkanes) is 11. The number of aromatic carboxylic acids is 1. The molecule has 121 heavy (non-hydrogen) atoms. The van der Waals surface area contributed by atoms with Gasteiger partial charge in [0.1, 0.15) is 72.0 Å². The molecule has 2 aromatic carbocycles. The molecule has 13 amide bonds. The number of carboxylic acids is 3. The molecule has 1 aliphatic heterocycles. The van der Waals surface area contributed by atoms with Gasteiger partial charge in [-0.25, -0.2) is 14.4 Å². The van der Waals surface area contributed by atoms with Crippen LogP contribution in [0, 0.1) is 27.9 Å². The molecule has 4 rings (SSSR count). The van der Waals surface area contributed by atoms with Crippen LogP contribution in [0.3, 0.4) is 0 Å². The largest absolute Gasteiger partial charge is 0.480 e. The Balaban J connectivity index is 1.18. The van der Waals surface area contributed by atoms with Gasteiger partial charge < -0.3 is 105 Å². The van der Waals surface area contributed by atoms with E-state index < -0.39 is 203 Å². The SMILES string of the molecule is CC[C@H](C)[C@H](NC(=O)[C@H](CCC(N)=O)NC(=O)[C@@H]1CCCN1C(=O)CCCCCCCCCCCCCCC(=O)N[C@@H](CO)C(=O)N[C@H](C(=O)N[C@@H](CC(C)C)C(=O)N[C@@H](CC(N)=O)C(=O)N[C@@H](CSSc1ccc([N+](=O)[O-])c(C(=O)O)c1)C(=O)O)[C@@H](C)O)C(=O)N[C@H](C(=O)N[C@@H](CC(C)C)C(=O)N[C@@H](Cc1c[nH]c2ccccc12)C(=O)O)[C@@H](C)O. The minimum atomic E-state index is -1.80. The topological polar surface area (TPSA) is 629 Å². The maximum Gasteiger partial charge on any atom is 0.342 e. The third-order valence-corrected chi connectivity index (χ3v) is 22.7. The van der Waals surface area contributed by atoms with Gasteiger partial charge in [-0.1, -0.05) is 152 Å². The van der Waals surface area contributed by atoms with Gasteiger partial charge in [0.25, 0.3) is 5.69 Å². The number of nitrogens with two attached hydrogens (primary N) is 2. The first-order valence-corrected chi connectivity index (χ1v) is 43.2. The Labute approximate surface area is 709 Å². The van der Waals surface area contributed by atoms with Crippen molar-refractivity contribution < 1.29 is 112 Å². The Morgan fingerprint density at radius 1 is 0.554 bits per heavy atom. The summed E-state index contributed by atoms with van der Waals surface area (Å²) >= 11 is 0. The normalized spacial score (nSPS) is 15.8. The standard InChI is InChI=1S/C80H121N15O24S2/c1-9-45(6)66(75(109)93-68(47(8)98)77(111)88-55(36-44(4)5)71(105)89-57(79(114)115)37-48-40-83-52-26-23-22-25-50(48)52)91-69(103)53(31-33-62(81)99)85-74(108)61-27-24-34-94(61)65(102)29-21-19-17-15-13-11-10-12-14-16-18-20-28-64(101)84-58(41-96)73(107)92-67(46(7)97)76(110)87-54(35-43(2)3)70(104)86-56(39-63(82)100)72(106)90-59(80(116)117)42-120-121-49-30-32-60(95(118)119)51(38-49)78(112)113/h22-23,25-26,30,32,38,40,43-47,53-59,61,66-68,83,96-98H,9-21,24,27-29,31,33-37,39,41-42H2,1-8H3,(H2,81,99)(H2,82,100)(H,84,101)(H,85,108)(H,86,104)(H,87,110)(H,88,111)(H,89,105)(H,90,106)(H,91,103)(H,92,107)(H,93,109)(H,112,113)(H,114,115)(H,116,117)/t45-,46+,47+,53-,54-,55-,56-,57-,58-,59-,61-,66-,67-,68-/m0/s1. The molecule has 3 aromatic rings. The number of nitrogens with zero attached hydrogens (tertiary/aromatic N) is 2. The molecule has 0 spiro atoms. The van der Waals surface area contributed by atoms with Crippen LogP contribution in [0.2, 0.25) is 0 Å². The number of primary amides is 2. The van der Waals surface area contributed by atoms with Crippen molar-refractivity contribution in [3.8, 4) is 0 Å². The van der Waals surface area contributed by atoms with Crippen molar-refractivity contribution in [1.82, 2.24) is 63.1 Å². The predicted octanol–water partition coefficient (Wildman–Crippen LogP) is 2.26. The summed E-state index contributed by atoms with van der Waals surface area (Å²) in [6.07, 6.45) is 7.98. The molecule has 14 atom stereocenters. The van der Waals surface area contributed by atoms with Crippen molar-refractivity contribution in [2.24, 2.45) is 29.2 Å². The highest BCUT2D eigenvalue weighted by Gasteiger charge is 2.41. The number of nitro benzene ring substituents is 1. The highest BCUT2D eigenvalue weighted by Crippen LogP contribution is 2.35. The molecule has 1 saturated heterocycles. The number of rotatable bonds is 58. The Bertz CT molecular complexity index is 4050. The van der Waals surface area contributed by atoms with Gasteiger partial charge in [0.15, 0.2) is 0 Å². The summed E-state index contributed by atoms with van der Waals surface area (Å²) in [7, 11) is 1.66. The zero-order valence-corrected chi connectivity index (χ0v) is 71.3. The number of hydrogen-bond donors (Lipinski definition) is 19. The monoisotopic (exact) mass is 1740 g/mol. The minimum Gasteiger partial charge on any atom is -0.480 e. The number of nitrogens with one attached hydrogen (secondary N) is 11. The van der Waals surface area contributed by atoms with Gasteiger partial charge in [-0.2, -0.15) is 0 Å². The second-order valence-electron chi connectivity index (χ2n) is 31.3. The first-order chi connectivity index (χ1) is 57.2. The fourth-order valence-electron chi connectivity index (χ4n) is 13.5. The van der Waals surface area contributed by atoms with Crippen molar-refractivity contribution in [3.05, 3.63) is 69.9 Å². The van der Waals surface area contributed by atoms with Gasteiger partial charge in [0.2, 0.25) is 76.8 Å². The molecule has 0 saturated carbocycles. The number of likely N-dealkylation sites (tertiary alicyclic amines) is 1. The number of aliphatic hydroxyl groups excluding tert-OH is 3. The maximum atomic E-state index is 14.2. The molecule has 2 heterocycles. The zero-order valence-electron chi connectivity index (χ0n) is 69.6. The zero-order chi connectivity index (χ0) is 90.3. The van der Waals surface area contributed by atoms with Crippen LogP contribution in [0.4, 0.5) is 5.69 Å². The van der Waals surface area contributed by atoms with E-state index in [9.17, 15) is 117 Å². The smallest absolute Gasteiger partial charge is 0.342 e. The van der Waals surface area contributed by atoms with Crippen LogP contribution in [0.1, 0.15) is 213 Å². The average molecular weight is 1740 g/mol. The van der Waals surface area contributed by atoms with E-state index in [0.717, 1.165) is 109 Å². The molecule has 1 fully saturated rings. The number of H-pyrrole nitrogens is 1. The van der Waals surface area contributed by atoms with Crippen LogP contribution >= 0.6 is 21.6 Å². The molecule has 21 N–H and O–H groups in total. The third-order valence-electron chi connectivity index (χ3n) is 20.3. The number of para-hydroxylation sites is 1. The van der Waals surface area contributed by atoms with Crippen molar-refractivity contribution in [2.75, 3.05) is 18.9 Å². The molecule has 39 nitrogen and oxygen atoms in total. The Hall–Kier alpha value is -10.5. The molecular weight excluding hydrogens is 1620 g/mol. The van der Waals surface area contributed by atoms with Gasteiger partial charge in [0, 0.05) is 66.0 Å². The number of aromatic nitrogens is 1. The van der Waals surface area contributed by atoms with E-state index in [1.54, 1.807) is 53.8 Å². The summed E-state index contributed by atoms with van der Waals surface area (Å²) in [6, 6.07) is -5.97. The van der Waals surface area contributed by atoms with Crippen LogP contribution in [0.5, 0.6) is 0 Å². The molecule has 0 aliphatic carbocycles. The average Bonchev–Trinajstić information content (AvgIpc) is 1.62. The minimum absolute atomic E-state index is 0.00289. The van der Waals surface area contributed by atoms with Crippen molar-refractivity contribution in [2.45, 2.75) is 287 Å². The molecule has 0 unspecified atom stereocenters. The first-order valence-electron chi connectivity index (χ1n) is 40.9. The van der Waals surface area contributed by atoms with Crippen molar-refractivity contribution in [3.63, 3.8) is 0 Å². The number of carbonyl (C=O) groups is 16. The van der Waals surface area contributed by atoms with E-state index in [1.807, 2.05) is 18.2 Å². The van der Waals surface area contributed by atoms with E-state index in [1.165, 1.54) is 17.9 Å². The lowest BCUT2D eigenvalue weighted by Crippen LogP contribution is -2.62. The Morgan fingerprint density at radius 2 is 1.03 bits per heavy atom. The van der Waals surface area contributed by atoms with Crippen LogP contribution in [-0.2, 0) is 78.3 Å². The lowest BCUT2D eigenvalue weighted by molar-refractivity contribution is -0.385. The number of benzene rings is 2. The highest BCUT2D eigenvalue weighted by atomic mass is 33.1. The molecule has 0 bridgehead atoms. The summed E-state index contributed by atoms with van der Waals surface area (Å²) < 4.78 is 0. The van der Waals surface area contributed by atoms with Gasteiger partial charge in [-0.05, 0) is 100 Å². The predicted molar refractivity (Wildman–Crippen MR) is 445 cm³/mol. The number of carbonyl (C=O) groups excluding carboxylic acids is 13. The fraction of sp³-hybridized carbons (Fsp3) is 0.625. The van der Waals surface area contributed by atoms with Crippen LogP contribution < -0.4 is 64.6 Å². The van der Waals surface area contributed by atoms with Crippen LogP contribution in [0.25, 0.3) is 10.9 Å². The number of aliphatic carboxylic acids is 2. The second-order valence-corrected chi connectivity index (χ2v) is 33.7. The Morgan fingerprint density at radius 3 is 1.54 bits per heavy atom. The molecule has 1 aromatic heterocycles. The molecular formula is C80H121N15O24S2. The molecule has 41 heteroatoms. The number of aromatic amines is 1. The molecule has 0 radical (unpaired) electrons. The fourth-order valence-corrected chi connectivity index (χ4v) is 15.7. The summed E-state index contributed by atoms with van der Waals surface area (Å²) in [4.78, 5) is 227. The van der Waals surface area contributed by atoms with Gasteiger partial charge in [-0.15, -0.1) is 0 Å². The number of hydrogen-bond acceptors (Lipinski definition) is 23. The van der Waals surface area contributed by atoms with Gasteiger partial charge in [0.05, 0.1) is 30.2 Å². The number of nitro groups is 1. The van der Waals surface area contributed by atoms with Crippen LogP contribution in [0.15, 0.2) is 53.6 Å². The van der Waals surface area contributed by atoms with Gasteiger partial charge in [-0.3, -0.25) is 72.4 Å². The molecule has 672 valence electrons. The lowest BCUT2D eigenvalue weighted by Gasteiger charge is -2.30. The quantitative estimate of drug-likeness (QED) is 0.0167. The van der Waals surface area contributed by atoms with Gasteiger partial charge >= 0.3 is 17.9 Å². The first kappa shape index (κ1) is 103. The maximum absolute atomic E-state index is 14.2. The van der Waals surface area contributed by atoms with E-state index in [4.69, 9.17) is 11.5 Å². The van der Waals surface area contributed by atoms with E-state index in [-0.39, 0.29) is 73.3 Å². The van der Waals surface area contributed by atoms with Crippen LogP contribution in [-0.4, -0.2) is 238 Å². The number of amides is 13. The third kappa shape index (κ3) is 35.6. The molecule has 1 aliphatic rings. The van der Waals surface area contributed by atoms with E-state index in [2.05, 4.69) is 58.2 Å². The summed E-state index contributed by atoms with van der Waals surface area (Å²) in [6.45, 7) is 12.1. The van der Waals surface area contributed by atoms with E-state index in [0.29, 0.717) is 50.6 Å². The Kier molecular flexibility index (Phi) is 44.7. The number of carboxylic acid groups (broad SMARTS) is 3. The van der Waals surface area contributed by atoms with Crippen molar-refractivity contribution >= 4 is 133 Å². The van der Waals surface area contributed by atoms with E-state index >= 15 is 0 Å². The number of fused-ring (bicyclic) bond motifs is 1.